The molecule has 0 spiro atoms. The Morgan fingerprint density at radius 1 is 0.975 bits per heavy atom. The summed E-state index contributed by atoms with van der Waals surface area (Å²) in [6.45, 7) is 0.198. The number of aromatic nitrogens is 2. The summed E-state index contributed by atoms with van der Waals surface area (Å²) in [6, 6.07) is 14.3. The van der Waals surface area contributed by atoms with E-state index in [1.54, 1.807) is 36.4 Å². The lowest BCUT2D eigenvalue weighted by molar-refractivity contribution is 0.0600. The summed E-state index contributed by atoms with van der Waals surface area (Å²) in [6.07, 6.45) is 6.35. The Morgan fingerprint density at radius 3 is 2.48 bits per heavy atom. The number of nitrogens with zero attached hydrogens (tertiary/aromatic N) is 2. The second-order valence-electron chi connectivity index (χ2n) is 10.3. The van der Waals surface area contributed by atoms with Crippen molar-refractivity contribution in [3.8, 4) is 28.6 Å². The number of halogens is 2. The monoisotopic (exact) mass is 574 g/mol. The molecule has 0 unspecified atom stereocenters. The van der Waals surface area contributed by atoms with Gasteiger partial charge in [0.25, 0.3) is 0 Å². The average Bonchev–Trinajstić information content (AvgIpc) is 3.89. The van der Waals surface area contributed by atoms with Crippen LogP contribution in [0.2, 0.25) is 10.0 Å². The van der Waals surface area contributed by atoms with Crippen LogP contribution in [0.5, 0.6) is 17.4 Å². The second kappa shape index (κ2) is 9.98. The summed E-state index contributed by atoms with van der Waals surface area (Å²) in [7, 11) is 1.36. The first kappa shape index (κ1) is 25.2. The van der Waals surface area contributed by atoms with Gasteiger partial charge < -0.3 is 18.7 Å². The molecule has 0 amide bonds. The van der Waals surface area contributed by atoms with Gasteiger partial charge >= 0.3 is 5.97 Å². The number of fused-ring (bicyclic) bond motifs is 2. The topological polar surface area (TPSA) is 83.7 Å². The van der Waals surface area contributed by atoms with Crippen LogP contribution >= 0.6 is 23.2 Å². The Balaban J connectivity index is 1.22. The van der Waals surface area contributed by atoms with E-state index in [1.807, 2.05) is 12.1 Å². The standard InChI is InChI=1S/C31H24Cl2N2O5/c1-37-31(36)19-10-9-18-13-20(16-5-6-16)28-24(39-25(18)14-19)11-12-26(34-28)38-15-21-29(35-40-30(21)17-7-8-17)27-22(32)3-2-4-23(27)33/h2-4,9-14,16-17H,5-8,15H2,1H3. The molecule has 2 aliphatic carbocycles. The number of methoxy groups -OCH3 is 1. The number of carbonyl (C=O) groups excluding carboxylic acids is 1. The van der Waals surface area contributed by atoms with Crippen LogP contribution in [0.3, 0.4) is 0 Å². The zero-order valence-corrected chi connectivity index (χ0v) is 23.1. The molecular weight excluding hydrogens is 551 g/mol. The van der Waals surface area contributed by atoms with Crippen LogP contribution in [0.1, 0.15) is 64.5 Å². The molecule has 0 N–H and O–H groups in total. The summed E-state index contributed by atoms with van der Waals surface area (Å²) in [5.74, 6) is 2.74. The molecule has 3 aliphatic rings. The largest absolute Gasteiger partial charge is 0.473 e. The summed E-state index contributed by atoms with van der Waals surface area (Å²) in [5.41, 5.74) is 5.18. The third-order valence-electron chi connectivity index (χ3n) is 7.42. The smallest absolute Gasteiger partial charge is 0.337 e. The van der Waals surface area contributed by atoms with E-state index in [0.717, 1.165) is 53.8 Å². The average molecular weight is 575 g/mol. The zero-order valence-electron chi connectivity index (χ0n) is 21.6. The van der Waals surface area contributed by atoms with Gasteiger partial charge in [0.05, 0.1) is 28.3 Å². The molecule has 0 saturated heterocycles. The number of benzene rings is 2. The van der Waals surface area contributed by atoms with Crippen molar-refractivity contribution in [2.45, 2.75) is 38.2 Å². The van der Waals surface area contributed by atoms with E-state index in [2.05, 4.69) is 11.2 Å². The van der Waals surface area contributed by atoms with E-state index < -0.39 is 5.97 Å². The molecule has 1 aliphatic heterocycles. The highest BCUT2D eigenvalue weighted by molar-refractivity contribution is 6.39. The molecule has 40 heavy (non-hydrogen) atoms. The molecular formula is C31H24Cl2N2O5. The number of hydrogen-bond donors (Lipinski definition) is 0. The Bertz CT molecular complexity index is 1670. The molecule has 2 fully saturated rings. The van der Waals surface area contributed by atoms with Gasteiger partial charge in [0, 0.05) is 23.1 Å². The molecule has 2 aromatic carbocycles. The third kappa shape index (κ3) is 4.63. The predicted octanol–water partition coefficient (Wildman–Crippen LogP) is 8.34. The van der Waals surface area contributed by atoms with Crippen molar-refractivity contribution in [1.29, 1.82) is 0 Å². The quantitative estimate of drug-likeness (QED) is 0.205. The van der Waals surface area contributed by atoms with Crippen LogP contribution in [0, 0.1) is 5.92 Å². The van der Waals surface area contributed by atoms with Crippen molar-refractivity contribution >= 4 is 40.8 Å². The fourth-order valence-electron chi connectivity index (χ4n) is 5.04. The molecule has 7 rings (SSSR count). The van der Waals surface area contributed by atoms with Crippen molar-refractivity contribution in [2.24, 2.45) is 5.92 Å². The Hall–Kier alpha value is -3.81. The molecule has 3 heterocycles. The molecule has 4 aromatic rings. The fraction of sp³-hybridized carbons (Fsp3) is 0.258. The molecule has 0 atom stereocenters. The maximum Gasteiger partial charge on any atom is 0.337 e. The first-order valence-electron chi connectivity index (χ1n) is 13.2. The Kier molecular flexibility index (Phi) is 6.28. The van der Waals surface area contributed by atoms with E-state index in [4.69, 9.17) is 46.9 Å². The fourth-order valence-corrected chi connectivity index (χ4v) is 5.62. The van der Waals surface area contributed by atoms with Gasteiger partial charge in [0.15, 0.2) is 5.75 Å². The van der Waals surface area contributed by atoms with Crippen LogP contribution < -0.4 is 9.47 Å². The molecule has 9 heteroatoms. The van der Waals surface area contributed by atoms with E-state index >= 15 is 0 Å². The number of hydrogen-bond acceptors (Lipinski definition) is 7. The van der Waals surface area contributed by atoms with Gasteiger partial charge in [-0.25, -0.2) is 9.78 Å². The summed E-state index contributed by atoms with van der Waals surface area (Å²) in [5, 5.41) is 5.35. The highest BCUT2D eigenvalue weighted by Crippen LogP contribution is 2.49. The van der Waals surface area contributed by atoms with Crippen molar-refractivity contribution in [1.82, 2.24) is 10.1 Å². The van der Waals surface area contributed by atoms with E-state index in [0.29, 0.717) is 56.1 Å². The molecule has 2 aromatic heterocycles. The molecule has 0 radical (unpaired) electrons. The van der Waals surface area contributed by atoms with Gasteiger partial charge in [-0.1, -0.05) is 40.5 Å². The van der Waals surface area contributed by atoms with E-state index in [9.17, 15) is 4.79 Å². The Morgan fingerprint density at radius 2 is 1.75 bits per heavy atom. The number of rotatable bonds is 7. The van der Waals surface area contributed by atoms with Gasteiger partial charge in [-0.05, 0) is 73.6 Å². The van der Waals surface area contributed by atoms with E-state index in [-0.39, 0.29) is 6.61 Å². The second-order valence-corrected chi connectivity index (χ2v) is 11.1. The van der Waals surface area contributed by atoms with Gasteiger partial charge in [-0.15, -0.1) is 0 Å². The molecule has 7 nitrogen and oxygen atoms in total. The van der Waals surface area contributed by atoms with Crippen molar-refractivity contribution in [3.05, 3.63) is 86.7 Å². The van der Waals surface area contributed by atoms with Gasteiger partial charge in [-0.2, -0.15) is 0 Å². The normalized spacial score (nSPS) is 15.8. The lowest BCUT2D eigenvalue weighted by Gasteiger charge is -2.13. The summed E-state index contributed by atoms with van der Waals surface area (Å²) >= 11 is 13.0. The van der Waals surface area contributed by atoms with Gasteiger partial charge in [0.2, 0.25) is 5.88 Å². The van der Waals surface area contributed by atoms with Crippen LogP contribution in [0.15, 0.2) is 53.1 Å². The molecule has 202 valence electrons. The third-order valence-corrected chi connectivity index (χ3v) is 8.05. The van der Waals surface area contributed by atoms with Crippen LogP contribution in [-0.4, -0.2) is 23.2 Å². The van der Waals surface area contributed by atoms with Crippen molar-refractivity contribution in [3.63, 3.8) is 0 Å². The SMILES string of the molecule is COC(=O)c1ccc2c(c1)Oc1ccc(OCc3c(-c4c(Cl)cccc4Cl)noc3C3CC3)nc1C(C1CC1)=C2. The highest BCUT2D eigenvalue weighted by Gasteiger charge is 2.35. The summed E-state index contributed by atoms with van der Waals surface area (Å²) in [4.78, 5) is 17.0. The number of pyridine rings is 1. The summed E-state index contributed by atoms with van der Waals surface area (Å²) < 4.78 is 23.2. The first-order chi connectivity index (χ1) is 19.5. The number of ether oxygens (including phenoxy) is 3. The Labute approximate surface area is 240 Å². The number of esters is 1. The zero-order chi connectivity index (χ0) is 27.4. The minimum Gasteiger partial charge on any atom is -0.473 e. The predicted molar refractivity (Wildman–Crippen MR) is 151 cm³/mol. The molecule has 2 saturated carbocycles. The lowest BCUT2D eigenvalue weighted by Crippen LogP contribution is -2.03. The maximum atomic E-state index is 12.1. The lowest BCUT2D eigenvalue weighted by atomic mass is 10.0. The first-order valence-corrected chi connectivity index (χ1v) is 13.9. The minimum absolute atomic E-state index is 0.198. The number of carbonyl (C=O) groups is 1. The van der Waals surface area contributed by atoms with Crippen LogP contribution in [-0.2, 0) is 11.3 Å². The van der Waals surface area contributed by atoms with Crippen molar-refractivity contribution in [2.75, 3.05) is 7.11 Å². The highest BCUT2D eigenvalue weighted by atomic mass is 35.5. The van der Waals surface area contributed by atoms with Gasteiger partial charge in [0.1, 0.15) is 29.5 Å². The minimum atomic E-state index is -0.416. The number of allylic oxidation sites excluding steroid dienone is 1. The maximum absolute atomic E-state index is 12.1. The van der Waals surface area contributed by atoms with E-state index in [1.165, 1.54) is 7.11 Å². The van der Waals surface area contributed by atoms with Crippen LogP contribution in [0.4, 0.5) is 0 Å². The van der Waals surface area contributed by atoms with Crippen molar-refractivity contribution < 1.29 is 23.5 Å². The van der Waals surface area contributed by atoms with Gasteiger partial charge in [-0.3, -0.25) is 0 Å². The molecule has 0 bridgehead atoms. The van der Waals surface area contributed by atoms with Crippen LogP contribution in [0.25, 0.3) is 22.9 Å².